The minimum absolute atomic E-state index is 0.0488. The van der Waals surface area contributed by atoms with Gasteiger partial charge in [0.2, 0.25) is 0 Å². The molecule has 0 spiro atoms. The van der Waals surface area contributed by atoms with E-state index in [1.165, 1.54) is 18.6 Å². The molecule has 0 unspecified atom stereocenters. The number of sulfonamides is 1. The van der Waals surface area contributed by atoms with Crippen molar-refractivity contribution in [2.45, 2.75) is 31.3 Å². The largest absolute Gasteiger partial charge is 0.334 e. The van der Waals surface area contributed by atoms with E-state index in [2.05, 4.69) is 4.98 Å². The number of anilines is 1. The van der Waals surface area contributed by atoms with E-state index < -0.39 is 15.8 Å². The summed E-state index contributed by atoms with van der Waals surface area (Å²) in [5, 5.41) is -0.0488. The molecule has 3 rings (SSSR count). The van der Waals surface area contributed by atoms with Gasteiger partial charge in [-0.25, -0.2) is 9.37 Å². The average Bonchev–Trinajstić information content (AvgIpc) is 3.06. The molecule has 2 aromatic rings. The van der Waals surface area contributed by atoms with Crippen molar-refractivity contribution in [2.75, 3.05) is 10.8 Å². The third-order valence-electron chi connectivity index (χ3n) is 3.63. The summed E-state index contributed by atoms with van der Waals surface area (Å²) < 4.78 is 42.2. The monoisotopic (exact) mass is 309 g/mol. The molecule has 112 valence electrons. The topological polar surface area (TPSA) is 55.2 Å². The van der Waals surface area contributed by atoms with Crippen LogP contribution in [0.25, 0.3) is 0 Å². The average molecular weight is 309 g/mol. The van der Waals surface area contributed by atoms with Gasteiger partial charge in [-0.2, -0.15) is 8.42 Å². The molecule has 1 aromatic carbocycles. The van der Waals surface area contributed by atoms with Gasteiger partial charge in [0.15, 0.2) is 5.03 Å². The molecule has 0 radical (unpaired) electrons. The number of imidazole rings is 1. The summed E-state index contributed by atoms with van der Waals surface area (Å²) in [5.74, 6) is -0.517. The standard InChI is InChI=1S/C14H16FN3O2S/c1-10(2)17-8-13(16-9-17)21(19,20)18-7-6-11-4-3-5-12(15)14(11)18/h3-5,8-10H,6-7H2,1-2H3. The lowest BCUT2D eigenvalue weighted by molar-refractivity contribution is 0.582. The molecule has 0 saturated heterocycles. The molecule has 0 aliphatic carbocycles. The molecule has 1 aliphatic rings. The molecular formula is C14H16FN3O2S. The quantitative estimate of drug-likeness (QED) is 0.874. The number of fused-ring (bicyclic) bond motifs is 1. The molecule has 2 heterocycles. The molecule has 0 bridgehead atoms. The Bertz CT molecular complexity index is 783. The van der Waals surface area contributed by atoms with Crippen LogP contribution in [-0.4, -0.2) is 24.5 Å². The van der Waals surface area contributed by atoms with Crippen molar-refractivity contribution in [1.82, 2.24) is 9.55 Å². The number of rotatable bonds is 3. The summed E-state index contributed by atoms with van der Waals surface area (Å²) in [6, 6.07) is 4.74. The Morgan fingerprint density at radius 1 is 1.33 bits per heavy atom. The molecule has 0 saturated carbocycles. The van der Waals surface area contributed by atoms with Crippen LogP contribution in [0.2, 0.25) is 0 Å². The Kier molecular flexibility index (Phi) is 3.24. The van der Waals surface area contributed by atoms with E-state index >= 15 is 0 Å². The van der Waals surface area contributed by atoms with Gasteiger partial charge in [0.1, 0.15) is 5.82 Å². The molecule has 1 aromatic heterocycles. The molecule has 7 heteroatoms. The van der Waals surface area contributed by atoms with Gasteiger partial charge in [-0.3, -0.25) is 4.31 Å². The van der Waals surface area contributed by atoms with Crippen LogP contribution in [0.4, 0.5) is 10.1 Å². The van der Waals surface area contributed by atoms with Crippen LogP contribution in [0.3, 0.4) is 0 Å². The van der Waals surface area contributed by atoms with Crippen LogP contribution < -0.4 is 4.31 Å². The Morgan fingerprint density at radius 2 is 2.10 bits per heavy atom. The van der Waals surface area contributed by atoms with Crippen molar-refractivity contribution >= 4 is 15.7 Å². The maximum atomic E-state index is 14.0. The number of nitrogens with zero attached hydrogens (tertiary/aromatic N) is 3. The fourth-order valence-corrected chi connectivity index (χ4v) is 3.90. The maximum Gasteiger partial charge on any atom is 0.283 e. The second-order valence-electron chi connectivity index (χ2n) is 5.33. The van der Waals surface area contributed by atoms with Crippen molar-refractivity contribution in [3.8, 4) is 0 Å². The lowest BCUT2D eigenvalue weighted by Gasteiger charge is -2.18. The van der Waals surface area contributed by atoms with Crippen molar-refractivity contribution in [1.29, 1.82) is 0 Å². The highest BCUT2D eigenvalue weighted by Crippen LogP contribution is 2.34. The minimum Gasteiger partial charge on any atom is -0.334 e. The highest BCUT2D eigenvalue weighted by Gasteiger charge is 2.34. The highest BCUT2D eigenvalue weighted by molar-refractivity contribution is 7.92. The summed E-state index contributed by atoms with van der Waals surface area (Å²) in [5.41, 5.74) is 0.860. The summed E-state index contributed by atoms with van der Waals surface area (Å²) in [4.78, 5) is 3.97. The summed E-state index contributed by atoms with van der Waals surface area (Å²) in [7, 11) is -3.83. The minimum atomic E-state index is -3.83. The van der Waals surface area contributed by atoms with E-state index in [0.29, 0.717) is 12.0 Å². The number of para-hydroxylation sites is 1. The second kappa shape index (κ2) is 4.84. The highest BCUT2D eigenvalue weighted by atomic mass is 32.2. The fraction of sp³-hybridized carbons (Fsp3) is 0.357. The summed E-state index contributed by atoms with van der Waals surface area (Å²) in [6.45, 7) is 4.11. The van der Waals surface area contributed by atoms with E-state index in [4.69, 9.17) is 0 Å². The van der Waals surface area contributed by atoms with Gasteiger partial charge < -0.3 is 4.57 Å². The zero-order valence-corrected chi connectivity index (χ0v) is 12.6. The van der Waals surface area contributed by atoms with Gasteiger partial charge in [0, 0.05) is 18.8 Å². The first-order valence-corrected chi connectivity index (χ1v) is 8.19. The van der Waals surface area contributed by atoms with E-state index in [1.54, 1.807) is 16.7 Å². The Balaban J connectivity index is 2.05. The first-order valence-electron chi connectivity index (χ1n) is 6.75. The number of halogens is 1. The van der Waals surface area contributed by atoms with E-state index in [9.17, 15) is 12.8 Å². The third kappa shape index (κ3) is 2.21. The van der Waals surface area contributed by atoms with Crippen LogP contribution >= 0.6 is 0 Å². The van der Waals surface area contributed by atoms with Crippen LogP contribution in [0.15, 0.2) is 35.7 Å². The lowest BCUT2D eigenvalue weighted by atomic mass is 10.2. The molecule has 1 aliphatic heterocycles. The Labute approximate surface area is 123 Å². The predicted molar refractivity (Wildman–Crippen MR) is 77.2 cm³/mol. The summed E-state index contributed by atoms with van der Waals surface area (Å²) in [6.07, 6.45) is 3.48. The number of hydrogen-bond donors (Lipinski definition) is 0. The van der Waals surface area contributed by atoms with Crippen molar-refractivity contribution in [2.24, 2.45) is 0 Å². The predicted octanol–water partition coefficient (Wildman–Crippen LogP) is 2.35. The second-order valence-corrected chi connectivity index (χ2v) is 7.14. The molecule has 0 amide bonds. The Hall–Kier alpha value is -1.89. The van der Waals surface area contributed by atoms with Gasteiger partial charge in [0.05, 0.1) is 12.0 Å². The van der Waals surface area contributed by atoms with E-state index in [1.807, 2.05) is 13.8 Å². The summed E-state index contributed by atoms with van der Waals surface area (Å²) >= 11 is 0. The first kappa shape index (κ1) is 14.1. The Morgan fingerprint density at radius 3 is 2.76 bits per heavy atom. The zero-order valence-electron chi connectivity index (χ0n) is 11.8. The van der Waals surface area contributed by atoms with Gasteiger partial charge in [-0.05, 0) is 31.9 Å². The molecule has 21 heavy (non-hydrogen) atoms. The molecule has 5 nitrogen and oxygen atoms in total. The first-order chi connectivity index (χ1) is 9.91. The van der Waals surface area contributed by atoms with Crippen LogP contribution in [0.1, 0.15) is 25.5 Å². The van der Waals surface area contributed by atoms with Gasteiger partial charge in [-0.15, -0.1) is 0 Å². The van der Waals surface area contributed by atoms with Crippen LogP contribution in [-0.2, 0) is 16.4 Å². The molecule has 0 atom stereocenters. The third-order valence-corrected chi connectivity index (χ3v) is 5.32. The normalized spacial score (nSPS) is 14.8. The smallest absolute Gasteiger partial charge is 0.283 e. The molecular weight excluding hydrogens is 293 g/mol. The van der Waals surface area contributed by atoms with Crippen molar-refractivity contribution in [3.05, 3.63) is 42.1 Å². The van der Waals surface area contributed by atoms with Crippen molar-refractivity contribution < 1.29 is 12.8 Å². The number of benzene rings is 1. The van der Waals surface area contributed by atoms with Gasteiger partial charge >= 0.3 is 0 Å². The SMILES string of the molecule is CC(C)n1cnc(S(=O)(=O)N2CCc3cccc(F)c32)c1. The van der Waals surface area contributed by atoms with Crippen molar-refractivity contribution in [3.63, 3.8) is 0 Å². The van der Waals surface area contributed by atoms with E-state index in [-0.39, 0.29) is 23.3 Å². The maximum absolute atomic E-state index is 14.0. The van der Waals surface area contributed by atoms with E-state index in [0.717, 1.165) is 4.31 Å². The molecule has 0 fully saturated rings. The zero-order chi connectivity index (χ0) is 15.2. The number of aromatic nitrogens is 2. The molecule has 0 N–H and O–H groups in total. The van der Waals surface area contributed by atoms with Crippen LogP contribution in [0, 0.1) is 5.82 Å². The number of hydrogen-bond acceptors (Lipinski definition) is 3. The lowest BCUT2D eigenvalue weighted by Crippen LogP contribution is -2.30. The fourth-order valence-electron chi connectivity index (χ4n) is 2.46. The van der Waals surface area contributed by atoms with Gasteiger partial charge in [0.25, 0.3) is 10.0 Å². The van der Waals surface area contributed by atoms with Crippen LogP contribution in [0.5, 0.6) is 0 Å². The van der Waals surface area contributed by atoms with Gasteiger partial charge in [-0.1, -0.05) is 12.1 Å².